The second-order valence-corrected chi connectivity index (χ2v) is 4.86. The summed E-state index contributed by atoms with van der Waals surface area (Å²) in [5, 5.41) is 8.85. The van der Waals surface area contributed by atoms with Crippen LogP contribution in [-0.4, -0.2) is 16.1 Å². The fourth-order valence-corrected chi connectivity index (χ4v) is 2.20. The van der Waals surface area contributed by atoms with E-state index in [9.17, 15) is 13.6 Å². The lowest BCUT2D eigenvalue weighted by atomic mass is 9.98. The Morgan fingerprint density at radius 3 is 2.59 bits per heavy atom. The number of hydrogen-bond donors (Lipinski definition) is 1. The van der Waals surface area contributed by atoms with E-state index in [-0.39, 0.29) is 5.56 Å². The van der Waals surface area contributed by atoms with Gasteiger partial charge < -0.3 is 9.52 Å². The van der Waals surface area contributed by atoms with Gasteiger partial charge in [0.25, 0.3) is 0 Å². The highest BCUT2D eigenvalue weighted by molar-refractivity contribution is 5.88. The molecule has 0 saturated carbocycles. The topological polar surface area (TPSA) is 63.3 Å². The fraction of sp³-hybridized carbons (Fsp3) is 0.125. The molecule has 2 aromatic rings. The number of carboxylic acid groups (broad SMARTS) is 1. The van der Waals surface area contributed by atoms with Gasteiger partial charge in [-0.15, -0.1) is 0 Å². The van der Waals surface area contributed by atoms with Crippen molar-refractivity contribution in [2.24, 2.45) is 0 Å². The van der Waals surface area contributed by atoms with Gasteiger partial charge in [0.05, 0.1) is 11.8 Å². The molecule has 1 aromatic carbocycles. The fourth-order valence-electron chi connectivity index (χ4n) is 2.20. The Morgan fingerprint density at radius 1 is 1.23 bits per heavy atom. The monoisotopic (exact) mass is 303 g/mol. The maximum atomic E-state index is 13.3. The normalized spacial score (nSPS) is 17.8. The summed E-state index contributed by atoms with van der Waals surface area (Å²) in [6.07, 6.45) is 4.09. The molecule has 6 heteroatoms. The van der Waals surface area contributed by atoms with Crippen molar-refractivity contribution >= 4 is 5.97 Å². The van der Waals surface area contributed by atoms with Gasteiger partial charge in [-0.1, -0.05) is 0 Å². The number of aromatic nitrogens is 1. The van der Waals surface area contributed by atoms with Crippen LogP contribution in [0.1, 0.15) is 28.5 Å². The predicted octanol–water partition coefficient (Wildman–Crippen LogP) is 4.23. The molecule has 0 amide bonds. The molecule has 0 bridgehead atoms. The van der Waals surface area contributed by atoms with Crippen LogP contribution >= 0.6 is 0 Å². The molecule has 1 aromatic heterocycles. The molecule has 0 radical (unpaired) electrons. The number of aromatic carboxylic acids is 1. The van der Waals surface area contributed by atoms with E-state index in [1.165, 1.54) is 24.4 Å². The summed E-state index contributed by atoms with van der Waals surface area (Å²) in [4.78, 5) is 14.9. The van der Waals surface area contributed by atoms with Crippen molar-refractivity contribution in [2.45, 2.75) is 12.3 Å². The predicted molar refractivity (Wildman–Crippen MR) is 74.6 cm³/mol. The van der Waals surface area contributed by atoms with Crippen LogP contribution in [0.25, 0.3) is 11.5 Å². The molecule has 0 saturated heterocycles. The van der Waals surface area contributed by atoms with Crippen LogP contribution in [0.15, 0.2) is 58.7 Å². The smallest absolute Gasteiger partial charge is 0.335 e. The molecule has 0 spiro atoms. The molecule has 3 rings (SSSR count). The van der Waals surface area contributed by atoms with E-state index in [0.717, 1.165) is 6.08 Å². The molecule has 0 fully saturated rings. The number of carbonyl (C=O) groups is 1. The first-order valence-corrected chi connectivity index (χ1v) is 6.57. The van der Waals surface area contributed by atoms with Gasteiger partial charge in [-0.25, -0.2) is 18.6 Å². The second-order valence-electron chi connectivity index (χ2n) is 4.86. The maximum absolute atomic E-state index is 13.3. The number of halogens is 2. The number of hydrogen-bond acceptors (Lipinski definition) is 3. The maximum Gasteiger partial charge on any atom is 0.335 e. The molecule has 1 N–H and O–H groups in total. The summed E-state index contributed by atoms with van der Waals surface area (Å²) < 4.78 is 31.8. The van der Waals surface area contributed by atoms with Crippen LogP contribution in [0.3, 0.4) is 0 Å². The third-order valence-corrected chi connectivity index (χ3v) is 3.39. The molecule has 0 aliphatic heterocycles. The highest BCUT2D eigenvalue weighted by atomic mass is 19.2. The molecule has 4 nitrogen and oxygen atoms in total. The molecule has 1 heterocycles. The third-order valence-electron chi connectivity index (χ3n) is 3.39. The van der Waals surface area contributed by atoms with Crippen LogP contribution in [0.5, 0.6) is 0 Å². The highest BCUT2D eigenvalue weighted by Crippen LogP contribution is 2.33. The van der Waals surface area contributed by atoms with Gasteiger partial charge in [-0.3, -0.25) is 0 Å². The molecular weight excluding hydrogens is 292 g/mol. The highest BCUT2D eigenvalue weighted by Gasteiger charge is 2.21. The number of benzene rings is 1. The average Bonchev–Trinajstić information content (AvgIpc) is 3.00. The Morgan fingerprint density at radius 2 is 1.95 bits per heavy atom. The lowest BCUT2D eigenvalue weighted by Crippen LogP contribution is -1.98. The minimum Gasteiger partial charge on any atom is -0.478 e. The average molecular weight is 303 g/mol. The Bertz CT molecular complexity index is 775. The summed E-state index contributed by atoms with van der Waals surface area (Å²) in [5.74, 6) is -2.46. The first-order valence-electron chi connectivity index (χ1n) is 6.57. The Kier molecular flexibility index (Phi) is 3.58. The second kappa shape index (κ2) is 5.55. The van der Waals surface area contributed by atoms with E-state index in [2.05, 4.69) is 4.98 Å². The first-order chi connectivity index (χ1) is 10.5. The molecule has 112 valence electrons. The van der Waals surface area contributed by atoms with Gasteiger partial charge in [0.1, 0.15) is 5.76 Å². The lowest BCUT2D eigenvalue weighted by Gasteiger charge is -2.11. The van der Waals surface area contributed by atoms with E-state index in [0.29, 0.717) is 23.6 Å². The van der Waals surface area contributed by atoms with Gasteiger partial charge in [0, 0.05) is 11.5 Å². The van der Waals surface area contributed by atoms with Crippen molar-refractivity contribution in [3.05, 3.63) is 65.6 Å². The Labute approximate surface area is 124 Å². The van der Waals surface area contributed by atoms with E-state index < -0.39 is 23.5 Å². The van der Waals surface area contributed by atoms with Crippen LogP contribution in [0, 0.1) is 0 Å². The summed E-state index contributed by atoms with van der Waals surface area (Å²) in [6.45, 7) is 0. The van der Waals surface area contributed by atoms with Crippen molar-refractivity contribution in [1.29, 1.82) is 0 Å². The van der Waals surface area contributed by atoms with E-state index >= 15 is 0 Å². The Balaban J connectivity index is 1.84. The van der Waals surface area contributed by atoms with Gasteiger partial charge >= 0.3 is 5.97 Å². The van der Waals surface area contributed by atoms with E-state index in [1.807, 2.05) is 0 Å². The zero-order valence-corrected chi connectivity index (χ0v) is 11.3. The summed E-state index contributed by atoms with van der Waals surface area (Å²) in [7, 11) is 0. The summed E-state index contributed by atoms with van der Waals surface area (Å²) in [6, 6.07) is 6.05. The standard InChI is InChI=1S/C16H11F2NO3/c17-12-6-5-11(7-13(12)18)14-8-19-15(22-14)9-1-3-10(4-2-9)16(20)21/h1-4,6-8,11H,5H2,(H,20,21). The number of allylic oxidation sites excluding steroid dienone is 4. The van der Waals surface area contributed by atoms with E-state index in [4.69, 9.17) is 9.52 Å². The van der Waals surface area contributed by atoms with Crippen LogP contribution < -0.4 is 0 Å². The number of oxazole rings is 1. The zero-order valence-electron chi connectivity index (χ0n) is 11.3. The lowest BCUT2D eigenvalue weighted by molar-refractivity contribution is 0.0697. The van der Waals surface area contributed by atoms with Gasteiger partial charge in [0.2, 0.25) is 5.89 Å². The molecule has 1 aliphatic rings. The van der Waals surface area contributed by atoms with Crippen molar-refractivity contribution in [1.82, 2.24) is 4.98 Å². The van der Waals surface area contributed by atoms with Crippen molar-refractivity contribution < 1.29 is 23.1 Å². The first kappa shape index (κ1) is 14.2. The molecule has 1 atom stereocenters. The third kappa shape index (κ3) is 2.67. The van der Waals surface area contributed by atoms with Crippen molar-refractivity contribution in [3.63, 3.8) is 0 Å². The zero-order chi connectivity index (χ0) is 15.7. The number of rotatable bonds is 3. The van der Waals surface area contributed by atoms with Gasteiger partial charge in [0.15, 0.2) is 11.7 Å². The number of nitrogens with zero attached hydrogens (tertiary/aromatic N) is 1. The SMILES string of the molecule is O=C(O)c1ccc(-c2ncc(C3C=C(F)C(F)=CC3)o2)cc1. The number of carboxylic acids is 1. The van der Waals surface area contributed by atoms with Gasteiger partial charge in [-0.05, 0) is 42.8 Å². The van der Waals surface area contributed by atoms with Gasteiger partial charge in [-0.2, -0.15) is 0 Å². The van der Waals surface area contributed by atoms with Crippen molar-refractivity contribution in [3.8, 4) is 11.5 Å². The van der Waals surface area contributed by atoms with Crippen molar-refractivity contribution in [2.75, 3.05) is 0 Å². The summed E-state index contributed by atoms with van der Waals surface area (Å²) >= 11 is 0. The van der Waals surface area contributed by atoms with Crippen LogP contribution in [-0.2, 0) is 0 Å². The summed E-state index contributed by atoms with van der Waals surface area (Å²) in [5.41, 5.74) is 0.770. The minimum atomic E-state index is -1.02. The van der Waals surface area contributed by atoms with E-state index in [1.54, 1.807) is 12.1 Å². The largest absolute Gasteiger partial charge is 0.478 e. The molecule has 22 heavy (non-hydrogen) atoms. The molecular formula is C16H11F2NO3. The van der Waals surface area contributed by atoms with Crippen LogP contribution in [0.4, 0.5) is 8.78 Å². The quantitative estimate of drug-likeness (QED) is 0.921. The minimum absolute atomic E-state index is 0.161. The van der Waals surface area contributed by atoms with Crippen LogP contribution in [0.2, 0.25) is 0 Å². The molecule has 1 unspecified atom stereocenters. The Hall–Kier alpha value is -2.76. The molecule has 1 aliphatic carbocycles.